The van der Waals surface area contributed by atoms with Gasteiger partial charge in [0.25, 0.3) is 0 Å². The lowest BCUT2D eigenvalue weighted by atomic mass is 9.87. The summed E-state index contributed by atoms with van der Waals surface area (Å²) in [6.45, 7) is 6.06. The van der Waals surface area contributed by atoms with Crippen LogP contribution in [0.5, 0.6) is 0 Å². The lowest BCUT2D eigenvalue weighted by Gasteiger charge is -2.22. The van der Waals surface area contributed by atoms with Gasteiger partial charge in [-0.2, -0.15) is 0 Å². The van der Waals surface area contributed by atoms with Crippen LogP contribution in [0.4, 0.5) is 0 Å². The molecule has 0 radical (unpaired) electrons. The summed E-state index contributed by atoms with van der Waals surface area (Å²) >= 11 is 0. The van der Waals surface area contributed by atoms with Crippen LogP contribution < -0.4 is 0 Å². The maximum atomic E-state index is 11.4. The summed E-state index contributed by atoms with van der Waals surface area (Å²) in [5, 5.41) is 9.36. The smallest absolute Gasteiger partial charge is 0.337 e. The molecule has 0 aliphatic heterocycles. The van der Waals surface area contributed by atoms with Crippen LogP contribution in [0.25, 0.3) is 0 Å². The number of hydrogen-bond acceptors (Lipinski definition) is 2. The predicted molar refractivity (Wildman–Crippen MR) is 71.2 cm³/mol. The van der Waals surface area contributed by atoms with Crippen molar-refractivity contribution in [2.45, 2.75) is 58.3 Å². The van der Waals surface area contributed by atoms with E-state index in [-0.39, 0.29) is 5.41 Å². The third kappa shape index (κ3) is 2.55. The molecule has 1 aromatic rings. The third-order valence-electron chi connectivity index (χ3n) is 3.49. The highest BCUT2D eigenvalue weighted by atomic mass is 16.4. The number of carboxylic acids is 1. The number of carbonyl (C=O) groups is 1. The number of aromatic nitrogens is 1. The van der Waals surface area contributed by atoms with Crippen LogP contribution in [-0.2, 0) is 18.3 Å². The van der Waals surface area contributed by atoms with Crippen LogP contribution in [0, 0.1) is 0 Å². The van der Waals surface area contributed by atoms with Crippen LogP contribution in [-0.4, -0.2) is 16.1 Å². The van der Waals surface area contributed by atoms with Crippen molar-refractivity contribution in [2.75, 3.05) is 0 Å². The Labute approximate surface area is 108 Å². The molecule has 0 amide bonds. The van der Waals surface area contributed by atoms with Crippen LogP contribution >= 0.6 is 0 Å². The fraction of sp³-hybridized carbons (Fsp3) is 0.600. The Kier molecular flexibility index (Phi) is 3.42. The summed E-state index contributed by atoms with van der Waals surface area (Å²) < 4.78 is 0. The van der Waals surface area contributed by atoms with E-state index in [0.717, 1.165) is 42.6 Å². The van der Waals surface area contributed by atoms with Gasteiger partial charge in [0.15, 0.2) is 0 Å². The van der Waals surface area contributed by atoms with Crippen LogP contribution in [0.2, 0.25) is 0 Å². The number of aromatic carboxylic acids is 1. The molecule has 3 nitrogen and oxygen atoms in total. The molecule has 1 aliphatic carbocycles. The molecule has 2 rings (SSSR count). The maximum Gasteiger partial charge on any atom is 0.337 e. The molecular formula is C15H21NO2. The van der Waals surface area contributed by atoms with Gasteiger partial charge in [-0.05, 0) is 37.3 Å². The van der Waals surface area contributed by atoms with Crippen molar-refractivity contribution >= 4 is 5.97 Å². The molecule has 1 aromatic heterocycles. The predicted octanol–water partition coefficient (Wildman–Crippen LogP) is 3.35. The quantitative estimate of drug-likeness (QED) is 0.774. The van der Waals surface area contributed by atoms with Gasteiger partial charge >= 0.3 is 5.97 Å². The Morgan fingerprint density at radius 2 is 1.89 bits per heavy atom. The molecule has 1 aliphatic rings. The first-order chi connectivity index (χ1) is 8.39. The van der Waals surface area contributed by atoms with Crippen molar-refractivity contribution in [3.8, 4) is 0 Å². The van der Waals surface area contributed by atoms with E-state index in [1.165, 1.54) is 6.42 Å². The fourth-order valence-electron chi connectivity index (χ4n) is 2.55. The molecule has 98 valence electrons. The van der Waals surface area contributed by atoms with Crippen LogP contribution in [0.3, 0.4) is 0 Å². The first-order valence-electron chi connectivity index (χ1n) is 6.66. The molecule has 3 heteroatoms. The lowest BCUT2D eigenvalue weighted by Crippen LogP contribution is -2.21. The normalized spacial score (nSPS) is 15.9. The van der Waals surface area contributed by atoms with Gasteiger partial charge in [-0.25, -0.2) is 4.79 Å². The van der Waals surface area contributed by atoms with E-state index in [1.807, 2.05) is 26.8 Å². The van der Waals surface area contributed by atoms with Crippen molar-refractivity contribution in [1.82, 2.24) is 4.98 Å². The van der Waals surface area contributed by atoms with Gasteiger partial charge in [0.2, 0.25) is 0 Å². The molecule has 0 spiro atoms. The minimum absolute atomic E-state index is 0.227. The van der Waals surface area contributed by atoms with Gasteiger partial charge in [0, 0.05) is 11.1 Å². The maximum absolute atomic E-state index is 11.4. The minimum atomic E-state index is -0.862. The zero-order valence-corrected chi connectivity index (χ0v) is 11.4. The summed E-state index contributed by atoms with van der Waals surface area (Å²) in [6.07, 6.45) is 5.47. The molecule has 0 bridgehead atoms. The van der Waals surface area contributed by atoms with E-state index in [9.17, 15) is 9.90 Å². The highest BCUT2D eigenvalue weighted by Crippen LogP contribution is 2.28. The van der Waals surface area contributed by atoms with E-state index >= 15 is 0 Å². The van der Waals surface area contributed by atoms with Crippen molar-refractivity contribution in [2.24, 2.45) is 0 Å². The largest absolute Gasteiger partial charge is 0.478 e. The number of fused-ring (bicyclic) bond motifs is 1. The highest BCUT2D eigenvalue weighted by Gasteiger charge is 2.25. The van der Waals surface area contributed by atoms with Gasteiger partial charge in [-0.3, -0.25) is 4.98 Å². The molecular weight excluding hydrogens is 226 g/mol. The number of carboxylic acid groups (broad SMARTS) is 1. The Balaban J connectivity index is 2.58. The zero-order chi connectivity index (χ0) is 13.3. The first kappa shape index (κ1) is 13.1. The van der Waals surface area contributed by atoms with E-state index in [4.69, 9.17) is 0 Å². The number of aryl methyl sites for hydroxylation is 2. The molecule has 0 saturated carbocycles. The van der Waals surface area contributed by atoms with E-state index in [2.05, 4.69) is 4.98 Å². The standard InChI is InChI=1S/C15H21NO2/c1-15(2,3)13-11(14(17)18)9-10-7-5-4-6-8-12(10)16-13/h9H,4-8H2,1-3H3,(H,17,18). The van der Waals surface area contributed by atoms with Crippen LogP contribution in [0.1, 0.15) is 67.3 Å². The highest BCUT2D eigenvalue weighted by molar-refractivity contribution is 5.89. The average molecular weight is 247 g/mol. The molecule has 0 unspecified atom stereocenters. The Morgan fingerprint density at radius 3 is 2.50 bits per heavy atom. The second-order valence-electron chi connectivity index (χ2n) is 6.11. The SMILES string of the molecule is CC(C)(C)c1nc2c(cc1C(=O)O)CCCCC2. The van der Waals surface area contributed by atoms with Crippen molar-refractivity contribution in [3.05, 3.63) is 28.6 Å². The molecule has 0 fully saturated rings. The molecule has 0 saturated heterocycles. The molecule has 0 atom stereocenters. The lowest BCUT2D eigenvalue weighted by molar-refractivity contribution is 0.0693. The fourth-order valence-corrected chi connectivity index (χ4v) is 2.55. The number of nitrogens with zero attached hydrogens (tertiary/aromatic N) is 1. The Morgan fingerprint density at radius 1 is 1.22 bits per heavy atom. The average Bonchev–Trinajstić information content (AvgIpc) is 2.50. The number of pyridine rings is 1. The summed E-state index contributed by atoms with van der Waals surface area (Å²) in [5.41, 5.74) is 3.12. The Hall–Kier alpha value is -1.38. The molecule has 18 heavy (non-hydrogen) atoms. The summed E-state index contributed by atoms with van der Waals surface area (Å²) in [4.78, 5) is 16.1. The summed E-state index contributed by atoms with van der Waals surface area (Å²) in [5.74, 6) is -0.862. The van der Waals surface area contributed by atoms with E-state index in [0.29, 0.717) is 5.56 Å². The van der Waals surface area contributed by atoms with Crippen molar-refractivity contribution in [3.63, 3.8) is 0 Å². The van der Waals surface area contributed by atoms with Crippen molar-refractivity contribution in [1.29, 1.82) is 0 Å². The zero-order valence-electron chi connectivity index (χ0n) is 11.4. The van der Waals surface area contributed by atoms with Crippen LogP contribution in [0.15, 0.2) is 6.07 Å². The van der Waals surface area contributed by atoms with E-state index in [1.54, 1.807) is 0 Å². The Bertz CT molecular complexity index is 472. The van der Waals surface area contributed by atoms with Gasteiger partial charge in [-0.1, -0.05) is 27.2 Å². The monoisotopic (exact) mass is 247 g/mol. The van der Waals surface area contributed by atoms with Gasteiger partial charge in [-0.15, -0.1) is 0 Å². The van der Waals surface area contributed by atoms with E-state index < -0.39 is 5.97 Å². The number of rotatable bonds is 1. The third-order valence-corrected chi connectivity index (χ3v) is 3.49. The molecule has 1 N–H and O–H groups in total. The van der Waals surface area contributed by atoms with Gasteiger partial charge in [0.1, 0.15) is 0 Å². The number of hydrogen-bond donors (Lipinski definition) is 1. The summed E-state index contributed by atoms with van der Waals surface area (Å²) in [6, 6.07) is 1.86. The first-order valence-corrected chi connectivity index (χ1v) is 6.66. The second kappa shape index (κ2) is 4.71. The summed E-state index contributed by atoms with van der Waals surface area (Å²) in [7, 11) is 0. The van der Waals surface area contributed by atoms with Crippen molar-refractivity contribution < 1.29 is 9.90 Å². The molecule has 1 heterocycles. The second-order valence-corrected chi connectivity index (χ2v) is 6.11. The van der Waals surface area contributed by atoms with Gasteiger partial charge < -0.3 is 5.11 Å². The minimum Gasteiger partial charge on any atom is -0.478 e. The molecule has 0 aromatic carbocycles. The topological polar surface area (TPSA) is 50.2 Å². The van der Waals surface area contributed by atoms with Gasteiger partial charge in [0.05, 0.1) is 11.3 Å².